The third kappa shape index (κ3) is 5.94. The number of nitrogens with zero attached hydrogens (tertiary/aromatic N) is 1. The predicted molar refractivity (Wildman–Crippen MR) is 132 cm³/mol. The molecule has 6 nitrogen and oxygen atoms in total. The van der Waals surface area contributed by atoms with Crippen LogP contribution in [0.1, 0.15) is 42.4 Å². The van der Waals surface area contributed by atoms with E-state index in [2.05, 4.69) is 26.2 Å². The molecule has 3 aromatic rings. The zero-order valence-corrected chi connectivity index (χ0v) is 21.0. The van der Waals surface area contributed by atoms with Crippen LogP contribution in [0.4, 0.5) is 5.69 Å². The normalized spacial score (nSPS) is 11.8. The van der Waals surface area contributed by atoms with Crippen molar-refractivity contribution < 1.29 is 18.0 Å². The van der Waals surface area contributed by atoms with E-state index in [-0.39, 0.29) is 28.8 Å². The largest absolute Gasteiger partial charge is 0.324 e. The van der Waals surface area contributed by atoms with Gasteiger partial charge in [0.05, 0.1) is 34.4 Å². The third-order valence-corrected chi connectivity index (χ3v) is 7.72. The van der Waals surface area contributed by atoms with Gasteiger partial charge >= 0.3 is 0 Å². The second kappa shape index (κ2) is 9.97. The van der Waals surface area contributed by atoms with Crippen LogP contribution < -0.4 is 5.32 Å². The lowest BCUT2D eigenvalue weighted by Gasteiger charge is -2.23. The van der Waals surface area contributed by atoms with E-state index >= 15 is 0 Å². The highest BCUT2D eigenvalue weighted by atomic mass is 79.9. The van der Waals surface area contributed by atoms with Crippen molar-refractivity contribution in [2.75, 3.05) is 11.1 Å². The number of sulfone groups is 1. The number of nitrogens with one attached hydrogen (secondary N) is 1. The van der Waals surface area contributed by atoms with Crippen LogP contribution in [-0.2, 0) is 26.5 Å². The minimum atomic E-state index is -3.27. The van der Waals surface area contributed by atoms with E-state index < -0.39 is 15.3 Å². The molecule has 1 heterocycles. The fourth-order valence-electron chi connectivity index (χ4n) is 3.29. The highest BCUT2D eigenvalue weighted by Crippen LogP contribution is 2.28. The summed E-state index contributed by atoms with van der Waals surface area (Å²) in [7, 11) is -3.27. The van der Waals surface area contributed by atoms with Crippen molar-refractivity contribution in [1.82, 2.24) is 4.98 Å². The molecule has 0 fully saturated rings. The lowest BCUT2D eigenvalue weighted by atomic mass is 9.79. The van der Waals surface area contributed by atoms with Crippen molar-refractivity contribution in [3.05, 3.63) is 88.2 Å². The number of benzene rings is 2. The molecule has 0 aliphatic heterocycles. The quantitative estimate of drug-likeness (QED) is 0.416. The molecular formula is C25H25BrN2O4S. The molecule has 0 unspecified atom stereocenters. The van der Waals surface area contributed by atoms with E-state index in [9.17, 15) is 18.0 Å². The number of ketones is 1. The summed E-state index contributed by atoms with van der Waals surface area (Å²) in [6, 6.07) is 17.1. The van der Waals surface area contributed by atoms with Crippen LogP contribution in [0.2, 0.25) is 0 Å². The minimum Gasteiger partial charge on any atom is -0.324 e. The monoisotopic (exact) mass is 528 g/mol. The van der Waals surface area contributed by atoms with Crippen molar-refractivity contribution in [3.63, 3.8) is 0 Å². The Morgan fingerprint density at radius 1 is 0.970 bits per heavy atom. The molecule has 1 amide bonds. The number of pyridine rings is 1. The number of halogens is 1. The van der Waals surface area contributed by atoms with Crippen molar-refractivity contribution in [1.29, 1.82) is 0 Å². The van der Waals surface area contributed by atoms with Crippen LogP contribution in [0.25, 0.3) is 0 Å². The summed E-state index contributed by atoms with van der Waals surface area (Å²) in [5.41, 5.74) is 1.61. The maximum absolute atomic E-state index is 13.0. The molecule has 0 atom stereocenters. The van der Waals surface area contributed by atoms with E-state index in [1.54, 1.807) is 31.2 Å². The molecule has 1 aromatic heterocycles. The molecule has 0 saturated carbocycles. The zero-order chi connectivity index (χ0) is 24.2. The Balaban J connectivity index is 1.65. The van der Waals surface area contributed by atoms with Crippen LogP contribution >= 0.6 is 15.9 Å². The second-order valence-corrected chi connectivity index (χ2v) is 11.4. The van der Waals surface area contributed by atoms with Crippen molar-refractivity contribution in [2.45, 2.75) is 37.5 Å². The number of aromatic nitrogens is 1. The summed E-state index contributed by atoms with van der Waals surface area (Å²) in [5.74, 6) is -0.361. The van der Waals surface area contributed by atoms with Crippen LogP contribution in [0.5, 0.6) is 0 Å². The Morgan fingerprint density at radius 3 is 2.15 bits per heavy atom. The molecule has 8 heteroatoms. The molecule has 0 aliphatic carbocycles. The number of hydrogen-bond acceptors (Lipinski definition) is 5. The van der Waals surface area contributed by atoms with Crippen LogP contribution in [0.15, 0.2) is 76.2 Å². The van der Waals surface area contributed by atoms with Gasteiger partial charge in [0, 0.05) is 4.47 Å². The van der Waals surface area contributed by atoms with Crippen molar-refractivity contribution >= 4 is 43.1 Å². The van der Waals surface area contributed by atoms with E-state index in [1.807, 2.05) is 38.1 Å². The summed E-state index contributed by atoms with van der Waals surface area (Å²) in [5, 5.41) is 2.75. The Kier molecular flexibility index (Phi) is 7.49. The molecular weight excluding hydrogens is 504 g/mol. The molecule has 0 spiro atoms. The van der Waals surface area contributed by atoms with Crippen molar-refractivity contribution in [3.8, 4) is 0 Å². The van der Waals surface area contributed by atoms with Gasteiger partial charge in [-0.3, -0.25) is 14.6 Å². The number of hydrogen-bond donors (Lipinski definition) is 1. The molecule has 33 heavy (non-hydrogen) atoms. The minimum absolute atomic E-state index is 0.0264. The predicted octanol–water partition coefficient (Wildman–Crippen LogP) is 4.98. The Morgan fingerprint density at radius 2 is 1.61 bits per heavy atom. The fourth-order valence-corrected chi connectivity index (χ4v) is 4.44. The van der Waals surface area contributed by atoms with Crippen LogP contribution in [-0.4, -0.2) is 30.8 Å². The Bertz CT molecular complexity index is 1250. The van der Waals surface area contributed by atoms with Crippen LogP contribution in [0, 0.1) is 0 Å². The first-order valence-electron chi connectivity index (χ1n) is 10.4. The standard InChI is InChI=1S/C25H25BrN2O4S/c1-4-33(31,32)21-12-5-17(6-13-21)15-23(29)28-20-11-14-22(27-16-20)24(30)25(2,3)18-7-9-19(26)10-8-18/h5-14,16H,4,15H2,1-3H3,(H,28,29). The SMILES string of the molecule is CCS(=O)(=O)c1ccc(CC(=O)Nc2ccc(C(=O)C(C)(C)c3ccc(Br)cc3)nc2)cc1. The van der Waals surface area contributed by atoms with Gasteiger partial charge in [-0.05, 0) is 61.4 Å². The van der Waals surface area contributed by atoms with Gasteiger partial charge in [-0.2, -0.15) is 0 Å². The fraction of sp³-hybridized carbons (Fsp3) is 0.240. The Labute approximate surface area is 202 Å². The first kappa shape index (κ1) is 24.8. The number of amides is 1. The summed E-state index contributed by atoms with van der Waals surface area (Å²) in [4.78, 5) is 29.9. The van der Waals surface area contributed by atoms with E-state index in [4.69, 9.17) is 0 Å². The molecule has 0 radical (unpaired) electrons. The molecule has 0 saturated heterocycles. The number of carbonyl (C=O) groups is 2. The van der Waals surface area contributed by atoms with Gasteiger partial charge in [-0.15, -0.1) is 0 Å². The average Bonchev–Trinajstić information content (AvgIpc) is 2.79. The summed E-state index contributed by atoms with van der Waals surface area (Å²) < 4.78 is 24.7. The number of anilines is 1. The lowest BCUT2D eigenvalue weighted by molar-refractivity contribution is -0.115. The van der Waals surface area contributed by atoms with Gasteiger partial charge in [0.1, 0.15) is 5.69 Å². The van der Waals surface area contributed by atoms with Crippen molar-refractivity contribution in [2.24, 2.45) is 0 Å². The highest BCUT2D eigenvalue weighted by Gasteiger charge is 2.31. The second-order valence-electron chi connectivity index (χ2n) is 8.17. The number of carbonyl (C=O) groups excluding carboxylic acids is 2. The van der Waals surface area contributed by atoms with Gasteiger partial charge < -0.3 is 5.32 Å². The van der Waals surface area contributed by atoms with Gasteiger partial charge in [0.2, 0.25) is 5.91 Å². The summed E-state index contributed by atoms with van der Waals surface area (Å²) in [6.45, 7) is 5.30. The molecule has 3 rings (SSSR count). The highest BCUT2D eigenvalue weighted by molar-refractivity contribution is 9.10. The third-order valence-electron chi connectivity index (χ3n) is 5.44. The lowest BCUT2D eigenvalue weighted by Crippen LogP contribution is -2.29. The van der Waals surface area contributed by atoms with E-state index in [0.717, 1.165) is 10.0 Å². The van der Waals surface area contributed by atoms with Gasteiger partial charge in [0.15, 0.2) is 15.6 Å². The number of Topliss-reactive ketones (excluding diaryl/α,β-unsaturated/α-hetero) is 1. The van der Waals surface area contributed by atoms with E-state index in [1.165, 1.54) is 18.3 Å². The topological polar surface area (TPSA) is 93.2 Å². The average molecular weight is 529 g/mol. The van der Waals surface area contributed by atoms with Crippen LogP contribution in [0.3, 0.4) is 0 Å². The zero-order valence-electron chi connectivity index (χ0n) is 18.6. The molecule has 0 aliphatic rings. The van der Waals surface area contributed by atoms with Gasteiger partial charge in [-0.25, -0.2) is 8.42 Å². The summed E-state index contributed by atoms with van der Waals surface area (Å²) >= 11 is 3.40. The van der Waals surface area contributed by atoms with E-state index in [0.29, 0.717) is 16.9 Å². The maximum atomic E-state index is 13.0. The molecule has 1 N–H and O–H groups in total. The maximum Gasteiger partial charge on any atom is 0.228 e. The molecule has 172 valence electrons. The Hall–Kier alpha value is -2.84. The smallest absolute Gasteiger partial charge is 0.228 e. The summed E-state index contributed by atoms with van der Waals surface area (Å²) in [6.07, 6.45) is 1.55. The van der Waals surface area contributed by atoms with Gasteiger partial charge in [0.25, 0.3) is 0 Å². The number of rotatable bonds is 8. The molecule has 0 bridgehead atoms. The molecule has 2 aromatic carbocycles. The first-order valence-corrected chi connectivity index (χ1v) is 12.9. The first-order chi connectivity index (χ1) is 15.5. The van der Waals surface area contributed by atoms with Gasteiger partial charge in [-0.1, -0.05) is 47.1 Å².